The molecule has 3 rings (SSSR count). The first kappa shape index (κ1) is 22.4. The molecule has 1 aliphatic heterocycles. The third kappa shape index (κ3) is 6.08. The maximum absolute atomic E-state index is 12.5. The van der Waals surface area contributed by atoms with Crippen LogP contribution in [0, 0.1) is 0 Å². The van der Waals surface area contributed by atoms with Gasteiger partial charge < -0.3 is 14.8 Å². The van der Waals surface area contributed by atoms with Crippen LogP contribution < -0.4 is 19.5 Å². The van der Waals surface area contributed by atoms with Gasteiger partial charge in [0, 0.05) is 18.7 Å². The molecule has 2 aromatic carbocycles. The molecule has 0 unspecified atom stereocenters. The minimum Gasteiger partial charge on any atom is -0.493 e. The number of allylic oxidation sites excluding steroid dienone is 1. The summed E-state index contributed by atoms with van der Waals surface area (Å²) in [6, 6.07) is 11.4. The van der Waals surface area contributed by atoms with Gasteiger partial charge in [-0.3, -0.25) is 14.5 Å². The molecule has 0 aliphatic carbocycles. The highest BCUT2D eigenvalue weighted by Crippen LogP contribution is 2.28. The Kier molecular flexibility index (Phi) is 7.30. The van der Waals surface area contributed by atoms with E-state index in [9.17, 15) is 13.2 Å². The van der Waals surface area contributed by atoms with Crippen LogP contribution in [-0.4, -0.2) is 40.4 Å². The number of rotatable bonds is 8. The smallest absolute Gasteiger partial charge is 0.262 e. The van der Waals surface area contributed by atoms with Crippen molar-refractivity contribution >= 4 is 33.5 Å². The fourth-order valence-corrected chi connectivity index (χ4v) is 4.15. The molecular weight excluding hydrogens is 418 g/mol. The molecule has 0 radical (unpaired) electrons. The first-order valence-electron chi connectivity index (χ1n) is 9.81. The minimum atomic E-state index is -3.76. The van der Waals surface area contributed by atoms with Crippen LogP contribution in [0.5, 0.6) is 11.5 Å². The lowest BCUT2D eigenvalue weighted by Gasteiger charge is -2.12. The van der Waals surface area contributed by atoms with Gasteiger partial charge >= 0.3 is 0 Å². The number of methoxy groups -OCH3 is 1. The highest BCUT2D eigenvalue weighted by molar-refractivity contribution is 7.90. The van der Waals surface area contributed by atoms with Crippen molar-refractivity contribution in [2.45, 2.75) is 24.7 Å². The van der Waals surface area contributed by atoms with E-state index in [1.165, 1.54) is 19.2 Å². The lowest BCUT2D eigenvalue weighted by atomic mass is 10.2. The summed E-state index contributed by atoms with van der Waals surface area (Å²) in [4.78, 5) is 16.5. The molecule has 9 heteroatoms. The Balaban J connectivity index is 1.63. The number of hydrogen-bond donors (Lipinski definition) is 2. The van der Waals surface area contributed by atoms with Gasteiger partial charge in [-0.25, -0.2) is 8.42 Å². The van der Waals surface area contributed by atoms with Crippen molar-refractivity contribution in [3.63, 3.8) is 0 Å². The van der Waals surface area contributed by atoms with E-state index in [0.29, 0.717) is 36.0 Å². The standard InChI is InChI=1S/C22H25N3O5S/c1-3-6-16-10-11-19(20(13-16)29-2)30-15-22(26)24-17-7-4-8-18(14-17)31(27,28)25-21-9-5-12-23-21/h3-4,6-8,10-11,13-14H,5,9,12,15H2,1-2H3,(H,23,25)(H,24,26)/b6-3+. The van der Waals surface area contributed by atoms with E-state index in [-0.39, 0.29) is 11.5 Å². The quantitative estimate of drug-likeness (QED) is 0.652. The summed E-state index contributed by atoms with van der Waals surface area (Å²) < 4.78 is 38.4. The summed E-state index contributed by atoms with van der Waals surface area (Å²) in [6.07, 6.45) is 5.27. The summed E-state index contributed by atoms with van der Waals surface area (Å²) >= 11 is 0. The molecule has 0 saturated carbocycles. The number of amidine groups is 1. The van der Waals surface area contributed by atoms with Crippen LogP contribution in [0.2, 0.25) is 0 Å². The van der Waals surface area contributed by atoms with Crippen molar-refractivity contribution in [2.75, 3.05) is 25.6 Å². The van der Waals surface area contributed by atoms with Gasteiger partial charge in [0.1, 0.15) is 5.84 Å². The topological polar surface area (TPSA) is 106 Å². The van der Waals surface area contributed by atoms with Gasteiger partial charge in [0.2, 0.25) is 0 Å². The summed E-state index contributed by atoms with van der Waals surface area (Å²) in [7, 11) is -2.23. The van der Waals surface area contributed by atoms with Crippen LogP contribution in [0.15, 0.2) is 58.4 Å². The summed E-state index contributed by atoms with van der Waals surface area (Å²) in [5.41, 5.74) is 1.30. The second-order valence-electron chi connectivity index (χ2n) is 6.81. The molecular formula is C22H25N3O5S. The Hall–Kier alpha value is -3.33. The van der Waals surface area contributed by atoms with E-state index in [1.54, 1.807) is 18.2 Å². The third-order valence-electron chi connectivity index (χ3n) is 4.46. The van der Waals surface area contributed by atoms with Crippen molar-refractivity contribution in [1.82, 2.24) is 4.72 Å². The van der Waals surface area contributed by atoms with Gasteiger partial charge in [-0.1, -0.05) is 24.3 Å². The first-order chi connectivity index (χ1) is 14.9. The summed E-state index contributed by atoms with van der Waals surface area (Å²) in [6.45, 7) is 2.28. The van der Waals surface area contributed by atoms with E-state index in [0.717, 1.165) is 12.0 Å². The van der Waals surface area contributed by atoms with Crippen LogP contribution in [0.3, 0.4) is 0 Å². The Morgan fingerprint density at radius 1 is 1.19 bits per heavy atom. The van der Waals surface area contributed by atoms with E-state index >= 15 is 0 Å². The maximum Gasteiger partial charge on any atom is 0.262 e. The average Bonchev–Trinajstić information content (AvgIpc) is 3.25. The molecule has 1 aliphatic rings. The zero-order chi connectivity index (χ0) is 22.3. The summed E-state index contributed by atoms with van der Waals surface area (Å²) in [5, 5.41) is 2.65. The third-order valence-corrected chi connectivity index (χ3v) is 5.84. The van der Waals surface area contributed by atoms with Gasteiger partial charge in [-0.15, -0.1) is 0 Å². The molecule has 0 aromatic heterocycles. The number of ether oxygens (including phenoxy) is 2. The number of benzene rings is 2. The molecule has 0 fully saturated rings. The molecule has 8 nitrogen and oxygen atoms in total. The monoisotopic (exact) mass is 443 g/mol. The van der Waals surface area contributed by atoms with Gasteiger partial charge in [0.05, 0.1) is 12.0 Å². The van der Waals surface area contributed by atoms with Crippen molar-refractivity contribution in [3.8, 4) is 11.5 Å². The molecule has 164 valence electrons. The van der Waals surface area contributed by atoms with Gasteiger partial charge in [-0.2, -0.15) is 0 Å². The van der Waals surface area contributed by atoms with Crippen molar-refractivity contribution in [3.05, 3.63) is 54.1 Å². The number of nitrogens with zero attached hydrogens (tertiary/aromatic N) is 1. The average molecular weight is 444 g/mol. The Labute approximate surface area is 182 Å². The number of carbonyl (C=O) groups is 1. The van der Waals surface area contributed by atoms with Gasteiger partial charge in [0.25, 0.3) is 15.9 Å². The van der Waals surface area contributed by atoms with Crippen LogP contribution >= 0.6 is 0 Å². The summed E-state index contributed by atoms with van der Waals surface area (Å²) in [5.74, 6) is 0.973. The fourth-order valence-electron chi connectivity index (χ4n) is 3.02. The zero-order valence-electron chi connectivity index (χ0n) is 17.4. The Morgan fingerprint density at radius 3 is 2.74 bits per heavy atom. The number of hydrogen-bond acceptors (Lipinski definition) is 6. The lowest BCUT2D eigenvalue weighted by molar-refractivity contribution is -0.118. The minimum absolute atomic E-state index is 0.0436. The van der Waals surface area contributed by atoms with Crippen LogP contribution in [0.25, 0.3) is 6.08 Å². The SMILES string of the molecule is C/C=C/c1ccc(OCC(=O)Nc2cccc(S(=O)(=O)NC3=NCCC3)c2)c(OC)c1. The van der Waals surface area contributed by atoms with E-state index in [1.807, 2.05) is 31.2 Å². The highest BCUT2D eigenvalue weighted by Gasteiger charge is 2.19. The number of sulfonamides is 1. The van der Waals surface area contributed by atoms with Gasteiger partial charge in [-0.05, 0) is 49.2 Å². The number of nitrogens with one attached hydrogen (secondary N) is 2. The van der Waals surface area contributed by atoms with Gasteiger partial charge in [0.15, 0.2) is 18.1 Å². The number of anilines is 1. The molecule has 0 bridgehead atoms. The fraction of sp³-hybridized carbons (Fsp3) is 0.273. The zero-order valence-corrected chi connectivity index (χ0v) is 18.2. The van der Waals surface area contributed by atoms with Crippen LogP contribution in [-0.2, 0) is 14.8 Å². The number of carbonyl (C=O) groups excluding carboxylic acids is 1. The molecule has 0 atom stereocenters. The predicted octanol–water partition coefficient (Wildman–Crippen LogP) is 3.22. The maximum atomic E-state index is 12.5. The van der Waals surface area contributed by atoms with E-state index in [4.69, 9.17) is 9.47 Å². The first-order valence-corrected chi connectivity index (χ1v) is 11.3. The normalized spacial score (nSPS) is 13.7. The second kappa shape index (κ2) is 10.1. The molecule has 31 heavy (non-hydrogen) atoms. The molecule has 1 amide bonds. The van der Waals surface area contributed by atoms with E-state index < -0.39 is 15.9 Å². The second-order valence-corrected chi connectivity index (χ2v) is 8.49. The van der Waals surface area contributed by atoms with Crippen molar-refractivity contribution in [2.24, 2.45) is 4.99 Å². The number of aliphatic imine (C=N–C) groups is 1. The lowest BCUT2D eigenvalue weighted by Crippen LogP contribution is -2.29. The van der Waals surface area contributed by atoms with Crippen LogP contribution in [0.1, 0.15) is 25.3 Å². The Bertz CT molecular complexity index is 1110. The molecule has 2 N–H and O–H groups in total. The Morgan fingerprint density at radius 2 is 2.03 bits per heavy atom. The molecule has 2 aromatic rings. The molecule has 0 spiro atoms. The predicted molar refractivity (Wildman–Crippen MR) is 120 cm³/mol. The molecule has 0 saturated heterocycles. The largest absolute Gasteiger partial charge is 0.493 e. The van der Waals surface area contributed by atoms with Crippen molar-refractivity contribution in [1.29, 1.82) is 0 Å². The number of amides is 1. The molecule has 1 heterocycles. The van der Waals surface area contributed by atoms with E-state index in [2.05, 4.69) is 15.0 Å². The van der Waals surface area contributed by atoms with Crippen LogP contribution in [0.4, 0.5) is 5.69 Å². The van der Waals surface area contributed by atoms with Crippen molar-refractivity contribution < 1.29 is 22.7 Å². The highest BCUT2D eigenvalue weighted by atomic mass is 32.2.